The largest absolute Gasteiger partial charge is 0.489 e. The van der Waals surface area contributed by atoms with Gasteiger partial charge in [0.2, 0.25) is 0 Å². The van der Waals surface area contributed by atoms with E-state index >= 15 is 0 Å². The molecule has 1 unspecified atom stereocenters. The Morgan fingerprint density at radius 3 is 2.71 bits per heavy atom. The van der Waals surface area contributed by atoms with E-state index in [1.807, 2.05) is 12.1 Å². The van der Waals surface area contributed by atoms with E-state index in [9.17, 15) is 0 Å². The predicted octanol–water partition coefficient (Wildman–Crippen LogP) is 6.47. The molecule has 0 radical (unpaired) electrons. The van der Waals surface area contributed by atoms with Gasteiger partial charge in [0.05, 0.1) is 6.26 Å². The average Bonchev–Trinajstić information content (AvgIpc) is 2.79. The van der Waals surface area contributed by atoms with Crippen LogP contribution in [0, 0.1) is 0 Å². The van der Waals surface area contributed by atoms with Crippen LogP contribution in [0.15, 0.2) is 96.8 Å². The van der Waals surface area contributed by atoms with Crippen LogP contribution in [-0.2, 0) is 4.74 Å². The first-order valence-electron chi connectivity index (χ1n) is 9.50. The van der Waals surface area contributed by atoms with Crippen molar-refractivity contribution in [2.45, 2.75) is 6.10 Å². The number of hydrogen-bond acceptors (Lipinski definition) is 2. The highest BCUT2D eigenvalue weighted by Gasteiger charge is 2.22. The van der Waals surface area contributed by atoms with Crippen molar-refractivity contribution in [2.75, 3.05) is 6.61 Å². The molecule has 3 aromatic carbocycles. The Bertz CT molecular complexity index is 1150. The van der Waals surface area contributed by atoms with Gasteiger partial charge in [0, 0.05) is 11.1 Å². The number of ether oxygens (including phenoxy) is 2. The molecule has 0 fully saturated rings. The molecule has 136 valence electrons. The molecule has 0 amide bonds. The van der Waals surface area contributed by atoms with Crippen molar-refractivity contribution in [3.8, 4) is 5.75 Å². The highest BCUT2D eigenvalue weighted by atomic mass is 16.5. The van der Waals surface area contributed by atoms with E-state index in [1.54, 1.807) is 6.26 Å². The summed E-state index contributed by atoms with van der Waals surface area (Å²) in [6.07, 6.45) is 14.3. The first-order chi connectivity index (χ1) is 13.9. The second-order valence-corrected chi connectivity index (χ2v) is 6.89. The molecule has 3 aromatic rings. The Kier molecular flexibility index (Phi) is 4.30. The second kappa shape index (κ2) is 7.24. The van der Waals surface area contributed by atoms with Crippen LogP contribution in [0.4, 0.5) is 0 Å². The Morgan fingerprint density at radius 2 is 1.71 bits per heavy atom. The van der Waals surface area contributed by atoms with E-state index < -0.39 is 0 Å². The van der Waals surface area contributed by atoms with E-state index in [0.717, 1.165) is 5.75 Å². The molecule has 2 heteroatoms. The molecule has 2 heterocycles. The van der Waals surface area contributed by atoms with Crippen LogP contribution < -0.4 is 4.74 Å². The number of rotatable bonds is 0. The van der Waals surface area contributed by atoms with E-state index in [1.165, 1.54) is 33.0 Å². The molecule has 1 aliphatic carbocycles. The van der Waals surface area contributed by atoms with E-state index in [-0.39, 0.29) is 6.10 Å². The molecule has 0 saturated heterocycles. The highest BCUT2D eigenvalue weighted by molar-refractivity contribution is 5.93. The predicted molar refractivity (Wildman–Crippen MR) is 115 cm³/mol. The van der Waals surface area contributed by atoms with Gasteiger partial charge in [-0.2, -0.15) is 0 Å². The summed E-state index contributed by atoms with van der Waals surface area (Å²) in [5.41, 5.74) is 4.94. The Balaban J connectivity index is 0.000000122. The molecule has 0 spiro atoms. The number of benzene rings is 3. The van der Waals surface area contributed by atoms with Gasteiger partial charge in [0.15, 0.2) is 0 Å². The van der Waals surface area contributed by atoms with Crippen molar-refractivity contribution in [3.63, 3.8) is 0 Å². The van der Waals surface area contributed by atoms with Crippen molar-refractivity contribution in [2.24, 2.45) is 0 Å². The summed E-state index contributed by atoms with van der Waals surface area (Å²) in [6, 6.07) is 20.9. The lowest BCUT2D eigenvalue weighted by Gasteiger charge is -2.25. The first-order valence-corrected chi connectivity index (χ1v) is 9.50. The summed E-state index contributed by atoms with van der Waals surface area (Å²) < 4.78 is 11.2. The zero-order valence-electron chi connectivity index (χ0n) is 15.4. The zero-order chi connectivity index (χ0) is 18.8. The Morgan fingerprint density at radius 1 is 0.821 bits per heavy atom. The molecule has 6 rings (SSSR count). The highest BCUT2D eigenvalue weighted by Crippen LogP contribution is 2.36. The van der Waals surface area contributed by atoms with Crippen molar-refractivity contribution >= 4 is 22.9 Å². The fraction of sp³-hybridized carbons (Fsp3) is 0.0769. The average molecular weight is 364 g/mol. The quantitative estimate of drug-likeness (QED) is 0.455. The van der Waals surface area contributed by atoms with E-state index in [0.29, 0.717) is 6.61 Å². The minimum atomic E-state index is 0.0983. The van der Waals surface area contributed by atoms with Gasteiger partial charge in [-0.05, 0) is 40.1 Å². The second-order valence-electron chi connectivity index (χ2n) is 6.89. The number of hydrogen-bond donors (Lipinski definition) is 0. The maximum atomic E-state index is 5.61. The van der Waals surface area contributed by atoms with Gasteiger partial charge in [0.1, 0.15) is 18.5 Å². The Labute approximate surface area is 164 Å². The minimum Gasteiger partial charge on any atom is -0.489 e. The molecule has 28 heavy (non-hydrogen) atoms. The minimum absolute atomic E-state index is 0.0983. The molecule has 0 N–H and O–H groups in total. The summed E-state index contributed by atoms with van der Waals surface area (Å²) in [4.78, 5) is 0. The van der Waals surface area contributed by atoms with Gasteiger partial charge in [-0.1, -0.05) is 78.9 Å². The molecular formula is C26H20O2. The topological polar surface area (TPSA) is 18.5 Å². The summed E-state index contributed by atoms with van der Waals surface area (Å²) in [5.74, 6) is 0.992. The van der Waals surface area contributed by atoms with Crippen molar-refractivity contribution in [1.82, 2.24) is 0 Å². The van der Waals surface area contributed by atoms with Crippen molar-refractivity contribution < 1.29 is 9.47 Å². The Hall–Kier alpha value is -3.52. The fourth-order valence-corrected chi connectivity index (χ4v) is 3.80. The third kappa shape index (κ3) is 3.03. The normalized spacial score (nSPS) is 17.9. The summed E-state index contributed by atoms with van der Waals surface area (Å²) >= 11 is 0. The third-order valence-corrected chi connectivity index (χ3v) is 5.17. The lowest BCUT2D eigenvalue weighted by atomic mass is 9.90. The third-order valence-electron chi connectivity index (χ3n) is 5.17. The number of fused-ring (bicyclic) bond motifs is 6. The monoisotopic (exact) mass is 364 g/mol. The van der Waals surface area contributed by atoms with Gasteiger partial charge in [-0.15, -0.1) is 0 Å². The fourth-order valence-electron chi connectivity index (χ4n) is 3.80. The smallest absolute Gasteiger partial charge is 0.149 e. The van der Waals surface area contributed by atoms with Crippen molar-refractivity contribution in [3.05, 3.63) is 113 Å². The summed E-state index contributed by atoms with van der Waals surface area (Å²) in [6.45, 7) is 0.686. The van der Waals surface area contributed by atoms with E-state index in [4.69, 9.17) is 9.47 Å². The van der Waals surface area contributed by atoms with Crippen LogP contribution in [0.5, 0.6) is 5.75 Å². The maximum Gasteiger partial charge on any atom is 0.149 e. The standard InChI is InChI=1S/2C13H10O/c1-2-6-12-10(4-1)7-8-11-5-3-9-14-13(11)12;1-2-5-11-10(4-1)7-8-13-12(11)6-3-9-14-13/h1-9,13H;1-8H,9H2. The molecule has 2 aliphatic heterocycles. The molecule has 3 aliphatic rings. The number of allylic oxidation sites excluding steroid dienone is 2. The molecule has 2 nitrogen and oxygen atoms in total. The van der Waals surface area contributed by atoms with Gasteiger partial charge >= 0.3 is 0 Å². The van der Waals surface area contributed by atoms with Gasteiger partial charge in [-0.25, -0.2) is 0 Å². The van der Waals surface area contributed by atoms with Crippen LogP contribution in [0.2, 0.25) is 0 Å². The van der Waals surface area contributed by atoms with Gasteiger partial charge < -0.3 is 9.47 Å². The van der Waals surface area contributed by atoms with Gasteiger partial charge in [-0.3, -0.25) is 0 Å². The molecular weight excluding hydrogens is 344 g/mol. The van der Waals surface area contributed by atoms with Crippen LogP contribution in [0.3, 0.4) is 0 Å². The maximum absolute atomic E-state index is 5.61. The lowest BCUT2D eigenvalue weighted by molar-refractivity contribution is 0.177. The molecule has 0 bridgehead atoms. The molecule has 0 saturated carbocycles. The van der Waals surface area contributed by atoms with E-state index in [2.05, 4.69) is 85.0 Å². The zero-order valence-corrected chi connectivity index (χ0v) is 15.4. The van der Waals surface area contributed by atoms with Crippen molar-refractivity contribution in [1.29, 1.82) is 0 Å². The van der Waals surface area contributed by atoms with Gasteiger partial charge in [0.25, 0.3) is 0 Å². The molecule has 1 atom stereocenters. The summed E-state index contributed by atoms with van der Waals surface area (Å²) in [7, 11) is 0. The van der Waals surface area contributed by atoms with Crippen LogP contribution in [-0.4, -0.2) is 6.61 Å². The molecule has 0 aromatic heterocycles. The lowest BCUT2D eigenvalue weighted by Crippen LogP contribution is -2.10. The first kappa shape index (κ1) is 16.6. The summed E-state index contributed by atoms with van der Waals surface area (Å²) in [5, 5.41) is 2.53. The van der Waals surface area contributed by atoms with Crippen LogP contribution in [0.25, 0.3) is 22.9 Å². The van der Waals surface area contributed by atoms with Crippen LogP contribution >= 0.6 is 0 Å². The van der Waals surface area contributed by atoms with Crippen LogP contribution in [0.1, 0.15) is 22.8 Å². The SMILES string of the molecule is C1=COC2C(=C1)C=Cc1ccccc12.C1=Cc2c(ccc3ccccc23)OC1.